The standard InChI is InChI=1S/C10H14O3/c1-7(12-2)8-4-5-9(11)10(6-8)13-3/h4-7,11H,1-3H3/t7-/m1/s1. The minimum atomic E-state index is 0.00880. The predicted molar refractivity (Wildman–Crippen MR) is 50.1 cm³/mol. The molecule has 0 saturated carbocycles. The van der Waals surface area contributed by atoms with Crippen molar-refractivity contribution >= 4 is 0 Å². The Labute approximate surface area is 77.9 Å². The summed E-state index contributed by atoms with van der Waals surface area (Å²) in [4.78, 5) is 0. The fraction of sp³-hybridized carbons (Fsp3) is 0.400. The van der Waals surface area contributed by atoms with E-state index in [1.807, 2.05) is 13.0 Å². The third-order valence-corrected chi connectivity index (χ3v) is 2.03. The zero-order chi connectivity index (χ0) is 9.84. The lowest BCUT2D eigenvalue weighted by Gasteiger charge is -2.11. The fourth-order valence-corrected chi connectivity index (χ4v) is 1.08. The molecule has 3 nitrogen and oxygen atoms in total. The van der Waals surface area contributed by atoms with Crippen molar-refractivity contribution in [3.8, 4) is 11.5 Å². The van der Waals surface area contributed by atoms with Crippen LogP contribution in [0.4, 0.5) is 0 Å². The van der Waals surface area contributed by atoms with Gasteiger partial charge in [-0.1, -0.05) is 6.07 Å². The molecule has 1 aromatic rings. The Morgan fingerprint density at radius 2 is 2.00 bits per heavy atom. The largest absolute Gasteiger partial charge is 0.504 e. The molecule has 1 aromatic carbocycles. The van der Waals surface area contributed by atoms with E-state index in [-0.39, 0.29) is 11.9 Å². The molecule has 0 saturated heterocycles. The number of phenols is 1. The Bertz CT molecular complexity index is 283. The molecule has 0 amide bonds. The van der Waals surface area contributed by atoms with E-state index in [1.54, 1.807) is 19.2 Å². The van der Waals surface area contributed by atoms with Gasteiger partial charge < -0.3 is 14.6 Å². The molecule has 0 fully saturated rings. The van der Waals surface area contributed by atoms with Crippen LogP contribution in [0.25, 0.3) is 0 Å². The highest BCUT2D eigenvalue weighted by Crippen LogP contribution is 2.29. The summed E-state index contributed by atoms with van der Waals surface area (Å²) >= 11 is 0. The molecule has 1 rings (SSSR count). The first kappa shape index (κ1) is 9.86. The highest BCUT2D eigenvalue weighted by Gasteiger charge is 2.07. The lowest BCUT2D eigenvalue weighted by atomic mass is 10.1. The van der Waals surface area contributed by atoms with Crippen molar-refractivity contribution in [2.45, 2.75) is 13.0 Å². The van der Waals surface area contributed by atoms with E-state index in [9.17, 15) is 5.11 Å². The van der Waals surface area contributed by atoms with Gasteiger partial charge in [0.1, 0.15) is 0 Å². The van der Waals surface area contributed by atoms with Crippen LogP contribution in [0, 0.1) is 0 Å². The first-order valence-corrected chi connectivity index (χ1v) is 4.08. The van der Waals surface area contributed by atoms with Crippen LogP contribution < -0.4 is 4.74 Å². The molecule has 3 heteroatoms. The number of methoxy groups -OCH3 is 2. The zero-order valence-electron chi connectivity index (χ0n) is 8.07. The van der Waals surface area contributed by atoms with Gasteiger partial charge in [-0.3, -0.25) is 0 Å². The number of hydrogen-bond donors (Lipinski definition) is 1. The summed E-state index contributed by atoms with van der Waals surface area (Å²) in [5, 5.41) is 9.32. The highest BCUT2D eigenvalue weighted by atomic mass is 16.5. The second kappa shape index (κ2) is 4.14. The summed E-state index contributed by atoms with van der Waals surface area (Å²) in [7, 11) is 3.17. The first-order valence-electron chi connectivity index (χ1n) is 4.08. The van der Waals surface area contributed by atoms with Gasteiger partial charge in [-0.25, -0.2) is 0 Å². The van der Waals surface area contributed by atoms with Crippen LogP contribution in [0.1, 0.15) is 18.6 Å². The van der Waals surface area contributed by atoms with Crippen LogP contribution in [-0.2, 0) is 4.74 Å². The van der Waals surface area contributed by atoms with E-state index < -0.39 is 0 Å². The third-order valence-electron chi connectivity index (χ3n) is 2.03. The average Bonchev–Trinajstić information content (AvgIpc) is 2.17. The molecule has 0 spiro atoms. The normalized spacial score (nSPS) is 12.5. The molecule has 1 N–H and O–H groups in total. The second-order valence-corrected chi connectivity index (χ2v) is 2.81. The van der Waals surface area contributed by atoms with Gasteiger partial charge in [-0.2, -0.15) is 0 Å². The van der Waals surface area contributed by atoms with Gasteiger partial charge in [0.25, 0.3) is 0 Å². The van der Waals surface area contributed by atoms with E-state index >= 15 is 0 Å². The molecule has 0 aliphatic carbocycles. The molecular weight excluding hydrogens is 168 g/mol. The molecule has 1 atom stereocenters. The van der Waals surface area contributed by atoms with Crippen molar-refractivity contribution in [3.63, 3.8) is 0 Å². The van der Waals surface area contributed by atoms with Gasteiger partial charge >= 0.3 is 0 Å². The van der Waals surface area contributed by atoms with Gasteiger partial charge in [-0.05, 0) is 24.6 Å². The van der Waals surface area contributed by atoms with Gasteiger partial charge in [0.05, 0.1) is 13.2 Å². The first-order chi connectivity index (χ1) is 6.19. The van der Waals surface area contributed by atoms with E-state index in [0.29, 0.717) is 5.75 Å². The number of benzene rings is 1. The summed E-state index contributed by atoms with van der Waals surface area (Å²) in [5.41, 5.74) is 0.983. The summed E-state index contributed by atoms with van der Waals surface area (Å²) < 4.78 is 10.1. The fourth-order valence-electron chi connectivity index (χ4n) is 1.08. The monoisotopic (exact) mass is 182 g/mol. The van der Waals surface area contributed by atoms with Crippen molar-refractivity contribution in [3.05, 3.63) is 23.8 Å². The van der Waals surface area contributed by atoms with Crippen LogP contribution in [0.2, 0.25) is 0 Å². The lowest BCUT2D eigenvalue weighted by molar-refractivity contribution is 0.119. The molecule has 0 aromatic heterocycles. The molecule has 0 radical (unpaired) electrons. The Hall–Kier alpha value is -1.22. The molecule has 0 heterocycles. The van der Waals surface area contributed by atoms with E-state index in [1.165, 1.54) is 7.11 Å². The number of aromatic hydroxyl groups is 1. The SMILES string of the molecule is COc1cc([C@@H](C)OC)ccc1O. The number of phenolic OH excluding ortho intramolecular Hbond substituents is 1. The molecule has 0 aliphatic heterocycles. The van der Waals surface area contributed by atoms with Crippen molar-refractivity contribution in [1.29, 1.82) is 0 Å². The average molecular weight is 182 g/mol. The Balaban J connectivity index is 2.99. The Morgan fingerprint density at radius 3 is 2.54 bits per heavy atom. The summed E-state index contributed by atoms with van der Waals surface area (Å²) in [5.74, 6) is 0.621. The molecular formula is C10H14O3. The van der Waals surface area contributed by atoms with Crippen molar-refractivity contribution in [2.75, 3.05) is 14.2 Å². The van der Waals surface area contributed by atoms with Crippen molar-refractivity contribution in [2.24, 2.45) is 0 Å². The predicted octanol–water partition coefficient (Wildman–Crippen LogP) is 2.11. The van der Waals surface area contributed by atoms with Crippen molar-refractivity contribution in [1.82, 2.24) is 0 Å². The third kappa shape index (κ3) is 2.12. The molecule has 0 bridgehead atoms. The molecule has 13 heavy (non-hydrogen) atoms. The number of hydrogen-bond acceptors (Lipinski definition) is 3. The van der Waals surface area contributed by atoms with Crippen molar-refractivity contribution < 1.29 is 14.6 Å². The van der Waals surface area contributed by atoms with E-state index in [2.05, 4.69) is 0 Å². The Kier molecular flexibility index (Phi) is 3.14. The number of rotatable bonds is 3. The van der Waals surface area contributed by atoms with Crippen LogP contribution >= 0.6 is 0 Å². The van der Waals surface area contributed by atoms with Gasteiger partial charge in [0.2, 0.25) is 0 Å². The topological polar surface area (TPSA) is 38.7 Å². The summed E-state index contributed by atoms with van der Waals surface area (Å²) in [6.45, 7) is 1.94. The van der Waals surface area contributed by atoms with Gasteiger partial charge in [-0.15, -0.1) is 0 Å². The lowest BCUT2D eigenvalue weighted by Crippen LogP contribution is -1.96. The summed E-state index contributed by atoms with van der Waals surface area (Å²) in [6, 6.07) is 5.18. The molecule has 0 unspecified atom stereocenters. The van der Waals surface area contributed by atoms with Crippen LogP contribution in [0.3, 0.4) is 0 Å². The zero-order valence-corrected chi connectivity index (χ0v) is 8.07. The minimum Gasteiger partial charge on any atom is -0.504 e. The van der Waals surface area contributed by atoms with Gasteiger partial charge in [0.15, 0.2) is 11.5 Å². The van der Waals surface area contributed by atoms with E-state index in [4.69, 9.17) is 9.47 Å². The van der Waals surface area contributed by atoms with Crippen LogP contribution in [-0.4, -0.2) is 19.3 Å². The van der Waals surface area contributed by atoms with E-state index in [0.717, 1.165) is 5.56 Å². The number of ether oxygens (including phenoxy) is 2. The second-order valence-electron chi connectivity index (χ2n) is 2.81. The summed E-state index contributed by atoms with van der Waals surface area (Å²) in [6.07, 6.45) is 0.00880. The maximum Gasteiger partial charge on any atom is 0.160 e. The molecule has 72 valence electrons. The van der Waals surface area contributed by atoms with Gasteiger partial charge in [0, 0.05) is 7.11 Å². The minimum absolute atomic E-state index is 0.00880. The maximum absolute atomic E-state index is 9.32. The maximum atomic E-state index is 9.32. The highest BCUT2D eigenvalue weighted by molar-refractivity contribution is 5.42. The smallest absolute Gasteiger partial charge is 0.160 e. The van der Waals surface area contributed by atoms with Crippen LogP contribution in [0.15, 0.2) is 18.2 Å². The van der Waals surface area contributed by atoms with Crippen LogP contribution in [0.5, 0.6) is 11.5 Å². The quantitative estimate of drug-likeness (QED) is 0.778. The molecule has 0 aliphatic rings. The Morgan fingerprint density at radius 1 is 1.31 bits per heavy atom.